The summed E-state index contributed by atoms with van der Waals surface area (Å²) in [7, 11) is 4.85. The van der Waals surface area contributed by atoms with Gasteiger partial charge in [0.2, 0.25) is 0 Å². The maximum atomic E-state index is 11.0. The highest BCUT2D eigenvalue weighted by molar-refractivity contribution is 5.34. The van der Waals surface area contributed by atoms with Gasteiger partial charge in [0.05, 0.1) is 62.2 Å². The summed E-state index contributed by atoms with van der Waals surface area (Å²) >= 11 is 0. The number of nitrogens with zero attached hydrogens (tertiary/aromatic N) is 4. The van der Waals surface area contributed by atoms with Gasteiger partial charge in [-0.05, 0) is 68.9 Å². The van der Waals surface area contributed by atoms with Crippen LogP contribution in [0.25, 0.3) is 0 Å². The van der Waals surface area contributed by atoms with Crippen molar-refractivity contribution >= 4 is 11.4 Å². The van der Waals surface area contributed by atoms with E-state index in [-0.39, 0.29) is 55.2 Å². The van der Waals surface area contributed by atoms with Crippen LogP contribution in [0, 0.1) is 20.2 Å². The SMILES string of the molecule is C[N+]1(CCCCC[N+]2(C)CCCCC2Cc2ccc([N+](=O)[O-])cc2)CCCCC1Cc1ccc([N+](=O)[O-])cc1.[Br-].[Br-]. The number of benzene rings is 2. The molecular formula is C31H46Br2N4O4. The molecular weight excluding hydrogens is 652 g/mol. The van der Waals surface area contributed by atoms with Gasteiger partial charge in [0.15, 0.2) is 0 Å². The Balaban J connectivity index is 0.00000294. The molecule has 2 heterocycles. The molecule has 0 amide bonds. The first-order valence-electron chi connectivity index (χ1n) is 14.8. The summed E-state index contributed by atoms with van der Waals surface area (Å²) in [5.41, 5.74) is 2.75. The highest BCUT2D eigenvalue weighted by atomic mass is 79.9. The first-order valence-corrected chi connectivity index (χ1v) is 14.8. The second-order valence-electron chi connectivity index (χ2n) is 12.5. The largest absolute Gasteiger partial charge is 1.00 e. The molecule has 0 N–H and O–H groups in total. The summed E-state index contributed by atoms with van der Waals surface area (Å²) in [4.78, 5) is 21.4. The normalized spacial score (nSPS) is 25.9. The van der Waals surface area contributed by atoms with E-state index < -0.39 is 0 Å². The van der Waals surface area contributed by atoms with Crippen LogP contribution < -0.4 is 34.0 Å². The molecule has 2 aliphatic rings. The van der Waals surface area contributed by atoms with E-state index in [0.29, 0.717) is 12.1 Å². The highest BCUT2D eigenvalue weighted by Gasteiger charge is 2.36. The zero-order chi connectivity index (χ0) is 27.9. The second-order valence-corrected chi connectivity index (χ2v) is 12.5. The summed E-state index contributed by atoms with van der Waals surface area (Å²) in [6, 6.07) is 15.5. The van der Waals surface area contributed by atoms with E-state index in [1.54, 1.807) is 24.3 Å². The average Bonchev–Trinajstić information content (AvgIpc) is 2.92. The van der Waals surface area contributed by atoms with Crippen molar-refractivity contribution in [2.24, 2.45) is 0 Å². The van der Waals surface area contributed by atoms with Crippen molar-refractivity contribution < 1.29 is 52.8 Å². The molecule has 4 rings (SSSR count). The molecule has 8 nitrogen and oxygen atoms in total. The minimum atomic E-state index is -0.324. The number of likely N-dealkylation sites (tertiary alicyclic amines) is 2. The van der Waals surface area contributed by atoms with Crippen LogP contribution in [0.5, 0.6) is 0 Å². The Bertz CT molecular complexity index is 1030. The van der Waals surface area contributed by atoms with E-state index in [1.807, 2.05) is 24.3 Å². The van der Waals surface area contributed by atoms with E-state index in [2.05, 4.69) is 14.1 Å². The third kappa shape index (κ3) is 9.56. The lowest BCUT2D eigenvalue weighted by molar-refractivity contribution is -0.940. The maximum Gasteiger partial charge on any atom is 0.269 e. The summed E-state index contributed by atoms with van der Waals surface area (Å²) < 4.78 is 2.23. The van der Waals surface area contributed by atoms with Crippen LogP contribution in [0.4, 0.5) is 11.4 Å². The van der Waals surface area contributed by atoms with Crippen molar-refractivity contribution in [3.8, 4) is 0 Å². The van der Waals surface area contributed by atoms with Crippen LogP contribution in [0.1, 0.15) is 68.9 Å². The second kappa shape index (κ2) is 16.1. The Morgan fingerprint density at radius 2 is 1.00 bits per heavy atom. The standard InChI is InChI=1S/C31H46N4O4.2BrH/c1-34(22-8-4-10-30(34)24-26-12-16-28(17-13-26)32(36)37)20-6-3-7-21-35(2)23-9-5-11-31(35)25-27-14-18-29(19-15-27)33(38)39;;/h12-19,30-31H,3-11,20-25H2,1-2H3;2*1H/q+2;;/p-2. The smallest absolute Gasteiger partial charge is 0.269 e. The Morgan fingerprint density at radius 1 is 0.634 bits per heavy atom. The van der Waals surface area contributed by atoms with Crippen LogP contribution in [0.2, 0.25) is 0 Å². The van der Waals surface area contributed by atoms with Crippen molar-refractivity contribution in [3.05, 3.63) is 79.9 Å². The van der Waals surface area contributed by atoms with E-state index in [0.717, 1.165) is 21.8 Å². The van der Waals surface area contributed by atoms with Gasteiger partial charge in [-0.1, -0.05) is 24.3 Å². The molecule has 2 saturated heterocycles. The fraction of sp³-hybridized carbons (Fsp3) is 0.613. The molecule has 228 valence electrons. The minimum absolute atomic E-state index is 0. The van der Waals surface area contributed by atoms with Crippen LogP contribution in [0.3, 0.4) is 0 Å². The number of piperidine rings is 2. The molecule has 0 bridgehead atoms. The van der Waals surface area contributed by atoms with Gasteiger partial charge in [0, 0.05) is 37.1 Å². The molecule has 2 aromatic carbocycles. The minimum Gasteiger partial charge on any atom is -1.00 e. The number of hydrogen-bond acceptors (Lipinski definition) is 4. The molecule has 10 heteroatoms. The topological polar surface area (TPSA) is 86.3 Å². The third-order valence-electron chi connectivity index (χ3n) is 9.75. The lowest BCUT2D eigenvalue weighted by Crippen LogP contribution is -3.00. The van der Waals surface area contributed by atoms with E-state index in [1.165, 1.54) is 95.1 Å². The summed E-state index contributed by atoms with van der Waals surface area (Å²) in [5.74, 6) is 0. The average molecular weight is 699 g/mol. The molecule has 0 saturated carbocycles. The van der Waals surface area contributed by atoms with Gasteiger partial charge in [-0.25, -0.2) is 0 Å². The molecule has 41 heavy (non-hydrogen) atoms. The molecule has 2 aromatic rings. The number of halogens is 2. The fourth-order valence-corrected chi connectivity index (χ4v) is 7.10. The maximum absolute atomic E-state index is 11.0. The highest BCUT2D eigenvalue weighted by Crippen LogP contribution is 2.30. The van der Waals surface area contributed by atoms with E-state index in [4.69, 9.17) is 0 Å². The van der Waals surface area contributed by atoms with Gasteiger partial charge in [0.1, 0.15) is 0 Å². The van der Waals surface area contributed by atoms with Gasteiger partial charge in [-0.3, -0.25) is 20.2 Å². The van der Waals surface area contributed by atoms with Crippen LogP contribution in [-0.2, 0) is 12.8 Å². The first kappa shape index (κ1) is 35.3. The Hall–Kier alpha value is -1.88. The molecule has 0 aliphatic carbocycles. The number of likely N-dealkylation sites (N-methyl/N-ethyl adjacent to an activating group) is 2. The molecule has 2 fully saturated rings. The lowest BCUT2D eigenvalue weighted by Gasteiger charge is -2.46. The summed E-state index contributed by atoms with van der Waals surface area (Å²) in [5, 5.41) is 22.0. The zero-order valence-corrected chi connectivity index (χ0v) is 27.7. The summed E-state index contributed by atoms with van der Waals surface area (Å²) in [6.07, 6.45) is 13.3. The zero-order valence-electron chi connectivity index (χ0n) is 24.6. The van der Waals surface area contributed by atoms with Gasteiger partial charge in [0.25, 0.3) is 11.4 Å². The molecule has 0 spiro atoms. The predicted molar refractivity (Wildman–Crippen MR) is 155 cm³/mol. The van der Waals surface area contributed by atoms with Gasteiger partial charge < -0.3 is 42.9 Å². The van der Waals surface area contributed by atoms with Crippen LogP contribution in [-0.4, -0.2) is 71.2 Å². The molecule has 0 aromatic heterocycles. The Morgan fingerprint density at radius 3 is 1.34 bits per heavy atom. The van der Waals surface area contributed by atoms with Crippen LogP contribution in [0.15, 0.2) is 48.5 Å². The van der Waals surface area contributed by atoms with Crippen molar-refractivity contribution in [1.82, 2.24) is 0 Å². The Kier molecular flexibility index (Phi) is 13.9. The van der Waals surface area contributed by atoms with Crippen molar-refractivity contribution in [2.75, 3.05) is 40.3 Å². The van der Waals surface area contributed by atoms with E-state index in [9.17, 15) is 20.2 Å². The number of unbranched alkanes of at least 4 members (excludes halogenated alkanes) is 2. The monoisotopic (exact) mass is 696 g/mol. The molecule has 0 radical (unpaired) electrons. The lowest BCUT2D eigenvalue weighted by atomic mass is 9.92. The molecule has 2 aliphatic heterocycles. The number of rotatable bonds is 12. The quantitative estimate of drug-likeness (QED) is 0.140. The molecule has 4 atom stereocenters. The fourth-order valence-electron chi connectivity index (χ4n) is 7.10. The predicted octanol–water partition coefficient (Wildman–Crippen LogP) is 0.465. The number of quaternary nitrogens is 2. The molecule has 4 unspecified atom stereocenters. The Labute approximate surface area is 266 Å². The summed E-state index contributed by atoms with van der Waals surface area (Å²) in [6.45, 7) is 4.85. The van der Waals surface area contributed by atoms with Gasteiger partial charge >= 0.3 is 0 Å². The van der Waals surface area contributed by atoms with Crippen molar-refractivity contribution in [3.63, 3.8) is 0 Å². The van der Waals surface area contributed by atoms with Gasteiger partial charge in [-0.2, -0.15) is 0 Å². The first-order chi connectivity index (χ1) is 18.7. The number of nitro benzene ring substituents is 2. The number of hydrogen-bond donors (Lipinski definition) is 0. The number of nitro groups is 2. The van der Waals surface area contributed by atoms with E-state index >= 15 is 0 Å². The van der Waals surface area contributed by atoms with Crippen molar-refractivity contribution in [1.29, 1.82) is 0 Å². The van der Waals surface area contributed by atoms with Crippen molar-refractivity contribution in [2.45, 2.75) is 82.7 Å². The van der Waals surface area contributed by atoms with Gasteiger partial charge in [-0.15, -0.1) is 0 Å². The third-order valence-corrected chi connectivity index (χ3v) is 9.75. The number of non-ortho nitro benzene ring substituents is 2. The van der Waals surface area contributed by atoms with Crippen LogP contribution >= 0.6 is 0 Å².